The summed E-state index contributed by atoms with van der Waals surface area (Å²) in [6.45, 7) is 10.4. The van der Waals surface area contributed by atoms with Crippen molar-refractivity contribution < 1.29 is 9.47 Å². The van der Waals surface area contributed by atoms with Gasteiger partial charge in [-0.15, -0.1) is 5.10 Å². The van der Waals surface area contributed by atoms with Gasteiger partial charge in [0.25, 0.3) is 0 Å². The van der Waals surface area contributed by atoms with E-state index in [9.17, 15) is 0 Å². The lowest BCUT2D eigenvalue weighted by Crippen LogP contribution is -2.38. The summed E-state index contributed by atoms with van der Waals surface area (Å²) in [4.78, 5) is 12.9. The molecular weight excluding hydrogens is 468 g/mol. The summed E-state index contributed by atoms with van der Waals surface area (Å²) < 4.78 is 13.6. The summed E-state index contributed by atoms with van der Waals surface area (Å²) in [5, 5.41) is 17.2. The Balaban J connectivity index is 1.49. The van der Waals surface area contributed by atoms with Gasteiger partial charge in [-0.3, -0.25) is 10.3 Å². The van der Waals surface area contributed by atoms with Crippen LogP contribution in [0.4, 0.5) is 11.5 Å². The Bertz CT molecular complexity index is 1340. The molecular formula is C27H36N8O2. The van der Waals surface area contributed by atoms with E-state index in [0.717, 1.165) is 79.7 Å². The van der Waals surface area contributed by atoms with E-state index >= 15 is 0 Å². The molecule has 10 nitrogen and oxygen atoms in total. The highest BCUT2D eigenvalue weighted by Crippen LogP contribution is 2.34. The summed E-state index contributed by atoms with van der Waals surface area (Å²) in [5.74, 6) is 1.41. The van der Waals surface area contributed by atoms with Crippen molar-refractivity contribution in [2.75, 3.05) is 72.0 Å². The minimum atomic E-state index is 0.381. The van der Waals surface area contributed by atoms with E-state index in [2.05, 4.69) is 20.1 Å². The van der Waals surface area contributed by atoms with Gasteiger partial charge in [-0.05, 0) is 45.6 Å². The Kier molecular flexibility index (Phi) is 7.40. The second-order valence-corrected chi connectivity index (χ2v) is 9.77. The number of nitrogens with one attached hydrogen (secondary N) is 3. The number of hydrogen-bond acceptors (Lipinski definition) is 8. The molecule has 0 amide bonds. The second-order valence-electron chi connectivity index (χ2n) is 9.77. The normalized spacial score (nSPS) is 17.5. The van der Waals surface area contributed by atoms with Gasteiger partial charge in [0.05, 0.1) is 35.8 Å². The number of fused-ring (bicyclic) bond motifs is 2. The number of morpholine rings is 1. The van der Waals surface area contributed by atoms with E-state index < -0.39 is 0 Å². The van der Waals surface area contributed by atoms with Crippen LogP contribution in [0, 0.1) is 19.3 Å². The fraction of sp³-hybridized carbons (Fsp3) is 0.444. The van der Waals surface area contributed by atoms with E-state index in [1.54, 1.807) is 0 Å². The number of H-pyrrole nitrogens is 1. The van der Waals surface area contributed by atoms with E-state index in [1.165, 1.54) is 0 Å². The lowest BCUT2D eigenvalue weighted by molar-refractivity contribution is 0.0305. The second kappa shape index (κ2) is 10.9. The van der Waals surface area contributed by atoms with Crippen molar-refractivity contribution in [2.45, 2.75) is 13.8 Å². The molecule has 3 aromatic heterocycles. The summed E-state index contributed by atoms with van der Waals surface area (Å²) >= 11 is 0. The number of aryl methyl sites for hydroxylation is 1. The molecule has 0 spiro atoms. The molecule has 10 heteroatoms. The number of hydrogen-bond donors (Lipinski definition) is 3. The lowest BCUT2D eigenvalue weighted by Gasteiger charge is -2.27. The van der Waals surface area contributed by atoms with Gasteiger partial charge >= 0.3 is 0 Å². The summed E-state index contributed by atoms with van der Waals surface area (Å²) in [7, 11) is 4.08. The molecule has 1 saturated heterocycles. The zero-order chi connectivity index (χ0) is 25.9. The average molecular weight is 505 g/mol. The molecule has 2 aliphatic rings. The third-order valence-electron chi connectivity index (χ3n) is 6.89. The van der Waals surface area contributed by atoms with Crippen LogP contribution in [0.3, 0.4) is 0 Å². The van der Waals surface area contributed by atoms with Gasteiger partial charge in [0, 0.05) is 56.3 Å². The molecule has 1 aliphatic carbocycles. The summed E-state index contributed by atoms with van der Waals surface area (Å²) in [6, 6.07) is 5.92. The van der Waals surface area contributed by atoms with Crippen LogP contribution in [0.5, 0.6) is 0 Å². The van der Waals surface area contributed by atoms with E-state index in [-0.39, 0.29) is 0 Å². The summed E-state index contributed by atoms with van der Waals surface area (Å²) in [6.07, 6.45) is 3.80. The number of aromatic nitrogens is 3. The molecule has 37 heavy (non-hydrogen) atoms. The minimum Gasteiger partial charge on any atom is -0.490 e. The number of rotatable bonds is 9. The quantitative estimate of drug-likeness (QED) is 0.414. The zero-order valence-electron chi connectivity index (χ0n) is 22.1. The standard InChI is InChI=1S/C27H36N8O2/c1-18-19(2)30-26-22(37-16-13-34-11-14-36-15-12-34)17-20(24(28)23(18)26)31-25-21-7-5-6-9-35(21)32-27(25)29-8-10-33(3)4/h5-7,9,17,28,30H,8,10-16H2,1-4H3,(H,29,32)/b28-24?,31-20+. The van der Waals surface area contributed by atoms with Crippen molar-refractivity contribution in [2.24, 2.45) is 4.99 Å². The molecule has 196 valence electrons. The van der Waals surface area contributed by atoms with Gasteiger partial charge in [-0.25, -0.2) is 9.51 Å². The van der Waals surface area contributed by atoms with Crippen LogP contribution < -0.4 is 5.32 Å². The van der Waals surface area contributed by atoms with Gasteiger partial charge in [0.2, 0.25) is 0 Å². The highest BCUT2D eigenvalue weighted by atomic mass is 16.5. The van der Waals surface area contributed by atoms with Gasteiger partial charge in [0.1, 0.15) is 18.1 Å². The van der Waals surface area contributed by atoms with E-state index in [1.807, 2.05) is 62.9 Å². The smallest absolute Gasteiger partial charge is 0.175 e. The third kappa shape index (κ3) is 5.31. The first-order valence-corrected chi connectivity index (χ1v) is 12.8. The first kappa shape index (κ1) is 25.2. The third-order valence-corrected chi connectivity index (χ3v) is 6.89. The van der Waals surface area contributed by atoms with Gasteiger partial charge in [-0.1, -0.05) is 6.07 Å². The van der Waals surface area contributed by atoms with Gasteiger partial charge in [0.15, 0.2) is 5.82 Å². The Morgan fingerprint density at radius 3 is 2.84 bits per heavy atom. The maximum Gasteiger partial charge on any atom is 0.175 e. The van der Waals surface area contributed by atoms with Gasteiger partial charge < -0.3 is 24.7 Å². The molecule has 5 rings (SSSR count). The van der Waals surface area contributed by atoms with E-state index in [4.69, 9.17) is 25.0 Å². The molecule has 3 aromatic rings. The Morgan fingerprint density at radius 1 is 1.24 bits per heavy atom. The van der Waals surface area contributed by atoms with Crippen molar-refractivity contribution in [3.63, 3.8) is 0 Å². The van der Waals surface area contributed by atoms with E-state index in [0.29, 0.717) is 29.6 Å². The number of aliphatic imine (C=N–C) groups is 1. The molecule has 1 fully saturated rings. The molecule has 0 aromatic carbocycles. The maximum atomic E-state index is 9.06. The van der Waals surface area contributed by atoms with Crippen molar-refractivity contribution >= 4 is 34.2 Å². The predicted octanol–water partition coefficient (Wildman–Crippen LogP) is 3.10. The Morgan fingerprint density at radius 2 is 2.05 bits per heavy atom. The topological polar surface area (TPSA) is 106 Å². The fourth-order valence-corrected chi connectivity index (χ4v) is 4.66. The van der Waals surface area contributed by atoms with Crippen molar-refractivity contribution in [3.8, 4) is 0 Å². The molecule has 0 saturated carbocycles. The lowest BCUT2D eigenvalue weighted by atomic mass is 9.95. The molecule has 0 unspecified atom stereocenters. The van der Waals surface area contributed by atoms with Crippen LogP contribution in [0.15, 0.2) is 35.5 Å². The monoisotopic (exact) mass is 504 g/mol. The first-order valence-electron chi connectivity index (χ1n) is 12.8. The van der Waals surface area contributed by atoms with Crippen molar-refractivity contribution in [3.05, 3.63) is 53.0 Å². The molecule has 0 bridgehead atoms. The number of pyridine rings is 1. The molecule has 3 N–H and O–H groups in total. The SMILES string of the molecule is Cc1[nH]c2c(c1C)C(=N)/C(=N/c1c(NCCN(C)C)nn3ccccc13)C=C2OCCN1CCOCC1. The summed E-state index contributed by atoms with van der Waals surface area (Å²) in [5.41, 5.74) is 6.31. The predicted molar refractivity (Wildman–Crippen MR) is 148 cm³/mol. The van der Waals surface area contributed by atoms with Crippen LogP contribution in [0.1, 0.15) is 22.5 Å². The molecule has 0 radical (unpaired) electrons. The molecule has 1 aliphatic heterocycles. The Labute approximate surface area is 217 Å². The zero-order valence-corrected chi connectivity index (χ0v) is 22.1. The highest BCUT2D eigenvalue weighted by Gasteiger charge is 2.28. The number of allylic oxidation sites excluding steroid dienone is 1. The number of anilines is 1. The van der Waals surface area contributed by atoms with Crippen LogP contribution >= 0.6 is 0 Å². The number of aromatic amines is 1. The number of nitrogens with zero attached hydrogens (tertiary/aromatic N) is 5. The molecule has 0 atom stereocenters. The van der Waals surface area contributed by atoms with Crippen LogP contribution in [0.25, 0.3) is 11.3 Å². The van der Waals surface area contributed by atoms with Crippen LogP contribution in [0.2, 0.25) is 0 Å². The Hall–Kier alpha value is -3.47. The molecule has 4 heterocycles. The average Bonchev–Trinajstić information content (AvgIpc) is 3.39. The largest absolute Gasteiger partial charge is 0.490 e. The van der Waals surface area contributed by atoms with Crippen molar-refractivity contribution in [1.82, 2.24) is 24.4 Å². The van der Waals surface area contributed by atoms with Crippen LogP contribution in [-0.2, 0) is 9.47 Å². The number of likely N-dealkylation sites (N-methyl/N-ethyl adjacent to an activating group) is 1. The number of ether oxygens (including phenoxy) is 2. The van der Waals surface area contributed by atoms with Gasteiger partial charge in [-0.2, -0.15) is 0 Å². The maximum absolute atomic E-state index is 9.06. The minimum absolute atomic E-state index is 0.381. The van der Waals surface area contributed by atoms with Crippen LogP contribution in [-0.4, -0.2) is 102 Å². The van der Waals surface area contributed by atoms with Crippen molar-refractivity contribution in [1.29, 1.82) is 5.41 Å². The fourth-order valence-electron chi connectivity index (χ4n) is 4.66. The first-order chi connectivity index (χ1) is 17.9. The highest BCUT2D eigenvalue weighted by molar-refractivity contribution is 6.54.